The van der Waals surface area contributed by atoms with Crippen LogP contribution in [0.25, 0.3) is 0 Å². The van der Waals surface area contributed by atoms with Gasteiger partial charge in [-0.3, -0.25) is 0 Å². The van der Waals surface area contributed by atoms with E-state index in [-0.39, 0.29) is 12.1 Å². The van der Waals surface area contributed by atoms with Crippen molar-refractivity contribution >= 4 is 5.78 Å². The molecule has 20 heavy (non-hydrogen) atoms. The Morgan fingerprint density at radius 1 is 1.50 bits per heavy atom. The number of ketones is 1. The zero-order chi connectivity index (χ0) is 15.6. The molecule has 0 rings (SSSR count). The van der Waals surface area contributed by atoms with E-state index in [1.165, 1.54) is 6.08 Å². The summed E-state index contributed by atoms with van der Waals surface area (Å²) in [4.78, 5) is 10.9. The first kappa shape index (κ1) is 18.6. The second kappa shape index (κ2) is 9.51. The summed E-state index contributed by atoms with van der Waals surface area (Å²) in [7, 11) is 0. The standard InChI is InChI=1S/C15H26N2O3/c1-6-19-13(3)20-15(4,5)14(9-10-16)17-11-7-8-12(2)18/h9,13,17H,6-8,11H2,1-5H3/b14-9-. The third-order valence-electron chi connectivity index (χ3n) is 2.74. The summed E-state index contributed by atoms with van der Waals surface area (Å²) >= 11 is 0. The van der Waals surface area contributed by atoms with Crippen molar-refractivity contribution in [3.63, 3.8) is 0 Å². The molecule has 0 heterocycles. The van der Waals surface area contributed by atoms with Gasteiger partial charge in [-0.2, -0.15) is 5.26 Å². The molecule has 0 aliphatic heterocycles. The van der Waals surface area contributed by atoms with Crippen LogP contribution in [0.5, 0.6) is 0 Å². The number of hydrogen-bond donors (Lipinski definition) is 1. The van der Waals surface area contributed by atoms with Crippen LogP contribution in [0.15, 0.2) is 11.8 Å². The van der Waals surface area contributed by atoms with Gasteiger partial charge >= 0.3 is 0 Å². The highest BCUT2D eigenvalue weighted by Gasteiger charge is 2.26. The van der Waals surface area contributed by atoms with Crippen molar-refractivity contribution in [2.75, 3.05) is 13.2 Å². The SMILES string of the molecule is CCOC(C)OC(C)(C)/C(=C/C#N)NCCCC(C)=O. The van der Waals surface area contributed by atoms with Gasteiger partial charge in [0.25, 0.3) is 0 Å². The van der Waals surface area contributed by atoms with E-state index in [0.29, 0.717) is 25.3 Å². The van der Waals surface area contributed by atoms with Crippen molar-refractivity contribution in [2.45, 2.75) is 59.4 Å². The van der Waals surface area contributed by atoms with Crippen molar-refractivity contribution in [2.24, 2.45) is 0 Å². The number of allylic oxidation sites excluding steroid dienone is 1. The molecule has 5 nitrogen and oxygen atoms in total. The predicted octanol–water partition coefficient (Wildman–Crippen LogP) is 2.53. The molecule has 0 aromatic heterocycles. The number of carbonyl (C=O) groups excluding carboxylic acids is 1. The Kier molecular flexibility index (Phi) is 8.86. The van der Waals surface area contributed by atoms with Crippen molar-refractivity contribution in [3.05, 3.63) is 11.8 Å². The molecule has 0 aromatic rings. The Hall–Kier alpha value is -1.38. The second-order valence-corrected chi connectivity index (χ2v) is 5.07. The second-order valence-electron chi connectivity index (χ2n) is 5.07. The fourth-order valence-corrected chi connectivity index (χ4v) is 1.81. The van der Waals surface area contributed by atoms with Gasteiger partial charge in [-0.1, -0.05) is 0 Å². The maximum absolute atomic E-state index is 10.9. The van der Waals surface area contributed by atoms with Gasteiger partial charge in [0.2, 0.25) is 0 Å². The van der Waals surface area contributed by atoms with Gasteiger partial charge in [0.15, 0.2) is 6.29 Å². The van der Waals surface area contributed by atoms with Crippen molar-refractivity contribution in [1.29, 1.82) is 5.26 Å². The highest BCUT2D eigenvalue weighted by Crippen LogP contribution is 2.21. The maximum atomic E-state index is 10.9. The molecule has 0 radical (unpaired) electrons. The summed E-state index contributed by atoms with van der Waals surface area (Å²) in [6.45, 7) is 10.3. The molecule has 0 aromatic carbocycles. The molecule has 1 N–H and O–H groups in total. The van der Waals surface area contributed by atoms with Gasteiger partial charge in [-0.25, -0.2) is 0 Å². The number of hydrogen-bond acceptors (Lipinski definition) is 5. The summed E-state index contributed by atoms with van der Waals surface area (Å²) in [6.07, 6.45) is 2.35. The van der Waals surface area contributed by atoms with Crippen molar-refractivity contribution in [1.82, 2.24) is 5.32 Å². The lowest BCUT2D eigenvalue weighted by molar-refractivity contribution is -0.177. The minimum atomic E-state index is -0.652. The van der Waals surface area contributed by atoms with Crippen LogP contribution in [0.3, 0.4) is 0 Å². The van der Waals surface area contributed by atoms with Gasteiger partial charge in [0.1, 0.15) is 11.4 Å². The van der Waals surface area contributed by atoms with Crippen LogP contribution in [0.4, 0.5) is 0 Å². The van der Waals surface area contributed by atoms with Gasteiger partial charge < -0.3 is 19.6 Å². The average Bonchev–Trinajstić information content (AvgIpc) is 2.32. The van der Waals surface area contributed by atoms with E-state index in [2.05, 4.69) is 5.32 Å². The Balaban J connectivity index is 4.53. The number of ether oxygens (including phenoxy) is 2. The minimum absolute atomic E-state index is 0.165. The maximum Gasteiger partial charge on any atom is 0.156 e. The molecule has 1 unspecified atom stereocenters. The molecule has 1 atom stereocenters. The van der Waals surface area contributed by atoms with E-state index in [4.69, 9.17) is 14.7 Å². The van der Waals surface area contributed by atoms with E-state index in [0.717, 1.165) is 6.42 Å². The zero-order valence-corrected chi connectivity index (χ0v) is 13.2. The molecule has 0 saturated carbocycles. The van der Waals surface area contributed by atoms with Crippen LogP contribution in [-0.4, -0.2) is 30.8 Å². The lowest BCUT2D eigenvalue weighted by atomic mass is 10.0. The van der Waals surface area contributed by atoms with Gasteiger partial charge in [0, 0.05) is 25.6 Å². The molecule has 0 aliphatic carbocycles. The third-order valence-corrected chi connectivity index (χ3v) is 2.74. The van der Waals surface area contributed by atoms with Crippen LogP contribution in [-0.2, 0) is 14.3 Å². The van der Waals surface area contributed by atoms with E-state index in [1.54, 1.807) is 6.92 Å². The molecular weight excluding hydrogens is 256 g/mol. The molecule has 0 aliphatic rings. The summed E-state index contributed by atoms with van der Waals surface area (Å²) in [5, 5.41) is 12.0. The molecule has 114 valence electrons. The number of Topliss-reactive ketones (excluding diaryl/α,β-unsaturated/α-hetero) is 1. The summed E-state index contributed by atoms with van der Waals surface area (Å²) < 4.78 is 11.2. The third kappa shape index (κ3) is 7.93. The number of carbonyl (C=O) groups is 1. The monoisotopic (exact) mass is 282 g/mol. The first-order chi connectivity index (χ1) is 9.33. The fourth-order valence-electron chi connectivity index (χ4n) is 1.81. The molecule has 0 saturated heterocycles. The van der Waals surface area contributed by atoms with Crippen LogP contribution in [0, 0.1) is 11.3 Å². The lowest BCUT2D eigenvalue weighted by Crippen LogP contribution is -2.39. The fraction of sp³-hybridized carbons (Fsp3) is 0.733. The smallest absolute Gasteiger partial charge is 0.156 e. The quantitative estimate of drug-likeness (QED) is 0.379. The van der Waals surface area contributed by atoms with Crippen molar-refractivity contribution in [3.8, 4) is 6.07 Å². The topological polar surface area (TPSA) is 71.3 Å². The normalized spacial score (nSPS) is 13.7. The molecule has 0 fully saturated rings. The highest BCUT2D eigenvalue weighted by atomic mass is 16.7. The Morgan fingerprint density at radius 3 is 2.65 bits per heavy atom. The van der Waals surface area contributed by atoms with Crippen LogP contribution < -0.4 is 5.32 Å². The van der Waals surface area contributed by atoms with Crippen LogP contribution >= 0.6 is 0 Å². The summed E-state index contributed by atoms with van der Waals surface area (Å²) in [5.41, 5.74) is 0.0377. The predicted molar refractivity (Wildman–Crippen MR) is 77.9 cm³/mol. The summed E-state index contributed by atoms with van der Waals surface area (Å²) in [5.74, 6) is 0.165. The Labute approximate surface area is 121 Å². The number of nitrogens with zero attached hydrogens (tertiary/aromatic N) is 1. The van der Waals surface area contributed by atoms with E-state index < -0.39 is 5.60 Å². The van der Waals surface area contributed by atoms with E-state index >= 15 is 0 Å². The molecule has 5 heteroatoms. The van der Waals surface area contributed by atoms with Gasteiger partial charge in [-0.05, 0) is 41.0 Å². The number of nitrogens with one attached hydrogen (secondary N) is 1. The lowest BCUT2D eigenvalue weighted by Gasteiger charge is -2.31. The molecule has 0 amide bonds. The average molecular weight is 282 g/mol. The minimum Gasteiger partial charge on any atom is -0.385 e. The van der Waals surface area contributed by atoms with Crippen molar-refractivity contribution < 1.29 is 14.3 Å². The first-order valence-corrected chi connectivity index (χ1v) is 6.96. The van der Waals surface area contributed by atoms with Crippen LogP contribution in [0.2, 0.25) is 0 Å². The van der Waals surface area contributed by atoms with E-state index in [1.807, 2.05) is 33.8 Å². The number of rotatable bonds is 10. The number of nitriles is 1. The van der Waals surface area contributed by atoms with Gasteiger partial charge in [-0.15, -0.1) is 0 Å². The highest BCUT2D eigenvalue weighted by molar-refractivity contribution is 5.75. The Morgan fingerprint density at radius 2 is 2.15 bits per heavy atom. The van der Waals surface area contributed by atoms with Crippen LogP contribution in [0.1, 0.15) is 47.5 Å². The largest absolute Gasteiger partial charge is 0.385 e. The van der Waals surface area contributed by atoms with E-state index in [9.17, 15) is 4.79 Å². The Bertz CT molecular complexity index is 370. The van der Waals surface area contributed by atoms with Gasteiger partial charge in [0.05, 0.1) is 11.8 Å². The summed E-state index contributed by atoms with van der Waals surface area (Å²) in [6, 6.07) is 2.02. The zero-order valence-electron chi connectivity index (χ0n) is 13.2. The first-order valence-electron chi connectivity index (χ1n) is 6.96. The molecule has 0 bridgehead atoms. The molecule has 0 spiro atoms. The molecular formula is C15H26N2O3.